The molecule has 0 aliphatic heterocycles. The number of ether oxygens (including phenoxy) is 2. The zero-order chi connectivity index (χ0) is 33.6. The molecule has 6 heteroatoms. The van der Waals surface area contributed by atoms with Gasteiger partial charge in [0.1, 0.15) is 0 Å². The molecular weight excluding hydrogens is 572 g/mol. The van der Waals surface area contributed by atoms with E-state index in [1.807, 2.05) is 0 Å². The third-order valence-electron chi connectivity index (χ3n) is 9.21. The summed E-state index contributed by atoms with van der Waals surface area (Å²) >= 11 is 0. The molecular formula is C40H80N2O4. The highest BCUT2D eigenvalue weighted by Crippen LogP contribution is 2.13. The summed E-state index contributed by atoms with van der Waals surface area (Å²) in [5, 5.41) is 0. The van der Waals surface area contributed by atoms with Crippen LogP contribution < -0.4 is 5.73 Å². The lowest BCUT2D eigenvalue weighted by atomic mass is 10.1. The molecule has 0 spiro atoms. The highest BCUT2D eigenvalue weighted by atomic mass is 16.5. The molecule has 0 aliphatic carbocycles. The summed E-state index contributed by atoms with van der Waals surface area (Å²) in [6, 6.07) is 0. The monoisotopic (exact) mass is 653 g/mol. The van der Waals surface area contributed by atoms with Gasteiger partial charge in [-0.05, 0) is 38.8 Å². The minimum atomic E-state index is -0.120. The molecule has 0 aromatic heterocycles. The Kier molecular flexibility index (Phi) is 37.4. The second kappa shape index (κ2) is 38.3. The van der Waals surface area contributed by atoms with E-state index < -0.39 is 0 Å². The third-order valence-corrected chi connectivity index (χ3v) is 9.21. The number of nitrogens with zero attached hydrogens (tertiary/aromatic N) is 1. The third kappa shape index (κ3) is 35.7. The molecule has 0 fully saturated rings. The Labute approximate surface area is 287 Å². The number of unbranched alkanes of at least 4 members (excludes halogenated alkanes) is 25. The molecule has 0 atom stereocenters. The van der Waals surface area contributed by atoms with Crippen LogP contribution >= 0.6 is 0 Å². The first-order valence-corrected chi connectivity index (χ1v) is 20.4. The molecule has 0 rings (SSSR count). The molecule has 2 N–H and O–H groups in total. The van der Waals surface area contributed by atoms with Crippen molar-refractivity contribution >= 4 is 11.9 Å². The highest BCUT2D eigenvalue weighted by molar-refractivity contribution is 5.70. The molecule has 6 nitrogen and oxygen atoms in total. The standard InChI is InChI=1S/C40H80N2O4/c1-3-5-7-9-11-13-15-17-19-21-25-29-37-45-39(43)31-35-42(34-28-24-23-27-33-41)36-32-40(44)46-38-30-26-22-20-18-16-14-12-10-8-6-4-2/h3-38,41H2,1-2H3. The first kappa shape index (κ1) is 44.9. The Bertz CT molecular complexity index is 584. The van der Waals surface area contributed by atoms with Crippen LogP contribution in [0.1, 0.15) is 206 Å². The van der Waals surface area contributed by atoms with Crippen LogP contribution in [-0.2, 0) is 19.1 Å². The Morgan fingerprint density at radius 1 is 0.413 bits per heavy atom. The number of hydrogen-bond acceptors (Lipinski definition) is 6. The smallest absolute Gasteiger partial charge is 0.307 e. The summed E-state index contributed by atoms with van der Waals surface area (Å²) in [4.78, 5) is 27.0. The van der Waals surface area contributed by atoms with Crippen molar-refractivity contribution in [3.05, 3.63) is 0 Å². The predicted molar refractivity (Wildman–Crippen MR) is 197 cm³/mol. The molecule has 0 heterocycles. The number of esters is 2. The van der Waals surface area contributed by atoms with Gasteiger partial charge in [0.25, 0.3) is 0 Å². The van der Waals surface area contributed by atoms with E-state index in [9.17, 15) is 9.59 Å². The molecule has 0 aromatic carbocycles. The summed E-state index contributed by atoms with van der Waals surface area (Å²) in [6.45, 7) is 8.50. The SMILES string of the molecule is CCCCCCCCCCCCCCOC(=O)CCN(CCCCCCN)CCC(=O)OCCCCCCCCCCCCCC. The van der Waals surface area contributed by atoms with Gasteiger partial charge in [0.05, 0.1) is 26.1 Å². The van der Waals surface area contributed by atoms with Gasteiger partial charge in [-0.25, -0.2) is 0 Å². The van der Waals surface area contributed by atoms with E-state index in [0.717, 1.165) is 64.5 Å². The molecule has 0 bridgehead atoms. The van der Waals surface area contributed by atoms with Crippen LogP contribution in [0.2, 0.25) is 0 Å². The maximum atomic E-state index is 12.4. The molecule has 0 unspecified atom stereocenters. The van der Waals surface area contributed by atoms with Crippen molar-refractivity contribution in [3.8, 4) is 0 Å². The topological polar surface area (TPSA) is 81.9 Å². The minimum Gasteiger partial charge on any atom is -0.466 e. The molecule has 0 aliphatic rings. The lowest BCUT2D eigenvalue weighted by molar-refractivity contribution is -0.144. The van der Waals surface area contributed by atoms with Gasteiger partial charge in [0, 0.05) is 13.1 Å². The first-order chi connectivity index (χ1) is 22.6. The molecule has 46 heavy (non-hydrogen) atoms. The summed E-state index contributed by atoms with van der Waals surface area (Å²) < 4.78 is 11.1. The van der Waals surface area contributed by atoms with Gasteiger partial charge in [-0.3, -0.25) is 9.59 Å². The van der Waals surface area contributed by atoms with Crippen molar-refractivity contribution in [2.45, 2.75) is 206 Å². The number of carbonyl (C=O) groups excluding carboxylic acids is 2. The highest BCUT2D eigenvalue weighted by Gasteiger charge is 2.12. The summed E-state index contributed by atoms with van der Waals surface area (Å²) in [7, 11) is 0. The minimum absolute atomic E-state index is 0.120. The zero-order valence-electron chi connectivity index (χ0n) is 31.1. The summed E-state index contributed by atoms with van der Waals surface area (Å²) in [5.74, 6) is -0.239. The Morgan fingerprint density at radius 2 is 0.717 bits per heavy atom. The second-order valence-electron chi connectivity index (χ2n) is 13.8. The van der Waals surface area contributed by atoms with E-state index in [1.165, 1.54) is 128 Å². The van der Waals surface area contributed by atoms with Crippen molar-refractivity contribution in [2.75, 3.05) is 39.4 Å². The zero-order valence-corrected chi connectivity index (χ0v) is 31.1. The van der Waals surface area contributed by atoms with Gasteiger partial charge in [-0.1, -0.05) is 168 Å². The van der Waals surface area contributed by atoms with Crippen LogP contribution in [0.4, 0.5) is 0 Å². The first-order valence-electron chi connectivity index (χ1n) is 20.4. The van der Waals surface area contributed by atoms with E-state index in [-0.39, 0.29) is 11.9 Å². The fraction of sp³-hybridized carbons (Fsp3) is 0.950. The maximum absolute atomic E-state index is 12.4. The molecule has 0 radical (unpaired) electrons. The van der Waals surface area contributed by atoms with Gasteiger partial charge in [-0.2, -0.15) is 0 Å². The van der Waals surface area contributed by atoms with Crippen LogP contribution in [0.5, 0.6) is 0 Å². The van der Waals surface area contributed by atoms with Crippen molar-refractivity contribution in [2.24, 2.45) is 5.73 Å². The average Bonchev–Trinajstić information content (AvgIpc) is 3.06. The van der Waals surface area contributed by atoms with E-state index in [2.05, 4.69) is 18.7 Å². The van der Waals surface area contributed by atoms with E-state index in [0.29, 0.717) is 39.1 Å². The number of carbonyl (C=O) groups is 2. The quantitative estimate of drug-likeness (QED) is 0.0528. The van der Waals surface area contributed by atoms with Crippen LogP contribution in [0.15, 0.2) is 0 Å². The fourth-order valence-corrected chi connectivity index (χ4v) is 6.07. The van der Waals surface area contributed by atoms with Gasteiger partial charge < -0.3 is 20.1 Å². The van der Waals surface area contributed by atoms with Crippen molar-refractivity contribution < 1.29 is 19.1 Å². The maximum Gasteiger partial charge on any atom is 0.307 e. The van der Waals surface area contributed by atoms with Gasteiger partial charge >= 0.3 is 11.9 Å². The van der Waals surface area contributed by atoms with Crippen LogP contribution in [0.3, 0.4) is 0 Å². The average molecular weight is 653 g/mol. The van der Waals surface area contributed by atoms with Gasteiger partial charge in [-0.15, -0.1) is 0 Å². The Morgan fingerprint density at radius 3 is 1.07 bits per heavy atom. The number of nitrogens with two attached hydrogens (primary N) is 1. The van der Waals surface area contributed by atoms with Crippen molar-refractivity contribution in [1.82, 2.24) is 4.90 Å². The predicted octanol–water partition coefficient (Wildman–Crippen LogP) is 11.1. The number of rotatable bonds is 38. The van der Waals surface area contributed by atoms with E-state index >= 15 is 0 Å². The fourth-order valence-electron chi connectivity index (χ4n) is 6.07. The largest absolute Gasteiger partial charge is 0.466 e. The summed E-state index contributed by atoms with van der Waals surface area (Å²) in [5.41, 5.74) is 5.64. The molecule has 0 amide bonds. The lowest BCUT2D eigenvalue weighted by Gasteiger charge is -2.21. The number of hydrogen-bond donors (Lipinski definition) is 1. The van der Waals surface area contributed by atoms with E-state index in [4.69, 9.17) is 15.2 Å². The Hall–Kier alpha value is -1.14. The van der Waals surface area contributed by atoms with Gasteiger partial charge in [0.15, 0.2) is 0 Å². The van der Waals surface area contributed by atoms with Crippen LogP contribution in [-0.4, -0.2) is 56.2 Å². The molecule has 0 saturated carbocycles. The van der Waals surface area contributed by atoms with Crippen molar-refractivity contribution in [1.29, 1.82) is 0 Å². The van der Waals surface area contributed by atoms with E-state index in [1.54, 1.807) is 0 Å². The van der Waals surface area contributed by atoms with Crippen LogP contribution in [0, 0.1) is 0 Å². The lowest BCUT2D eigenvalue weighted by Crippen LogP contribution is -2.30. The van der Waals surface area contributed by atoms with Crippen molar-refractivity contribution in [3.63, 3.8) is 0 Å². The summed E-state index contributed by atoms with van der Waals surface area (Å²) in [6.07, 6.45) is 36.4. The second-order valence-corrected chi connectivity index (χ2v) is 13.8. The Balaban J connectivity index is 3.93. The molecule has 0 aromatic rings. The normalized spacial score (nSPS) is 11.4. The van der Waals surface area contributed by atoms with Crippen LogP contribution in [0.25, 0.3) is 0 Å². The molecule has 274 valence electrons. The molecule has 0 saturated heterocycles. The van der Waals surface area contributed by atoms with Gasteiger partial charge in [0.2, 0.25) is 0 Å².